The highest BCUT2D eigenvalue weighted by atomic mass is 16.5. The van der Waals surface area contributed by atoms with E-state index in [-0.39, 0.29) is 17.3 Å². The fourth-order valence-electron chi connectivity index (χ4n) is 1.54. The molecule has 104 valence electrons. The lowest BCUT2D eigenvalue weighted by atomic mass is 10.3. The first kappa shape index (κ1) is 14.0. The number of hydrogen-bond acceptors (Lipinski definition) is 7. The maximum atomic E-state index is 8.81. The van der Waals surface area contributed by atoms with Crippen LogP contribution in [0.2, 0.25) is 0 Å². The number of methoxy groups -OCH3 is 2. The van der Waals surface area contributed by atoms with Gasteiger partial charge < -0.3 is 14.5 Å². The van der Waals surface area contributed by atoms with Crippen molar-refractivity contribution in [1.29, 1.82) is 10.5 Å². The average Bonchev–Trinajstić information content (AvgIpc) is 2.95. The van der Waals surface area contributed by atoms with Crippen molar-refractivity contribution in [3.05, 3.63) is 29.6 Å². The number of nitrogens with zero attached hydrogens (tertiary/aromatic N) is 5. The Morgan fingerprint density at radius 1 is 1.14 bits per heavy atom. The Labute approximate surface area is 120 Å². The number of azo groups is 1. The van der Waals surface area contributed by atoms with E-state index in [1.54, 1.807) is 31.4 Å². The zero-order valence-corrected chi connectivity index (χ0v) is 11.3. The summed E-state index contributed by atoms with van der Waals surface area (Å²) in [7, 11) is 3.05. The van der Waals surface area contributed by atoms with Gasteiger partial charge in [0.2, 0.25) is 5.95 Å². The Morgan fingerprint density at radius 3 is 2.52 bits per heavy atom. The minimum Gasteiger partial charge on any atom is -0.497 e. The van der Waals surface area contributed by atoms with Crippen molar-refractivity contribution in [2.45, 2.75) is 0 Å². The first-order valence-corrected chi connectivity index (χ1v) is 5.75. The molecule has 1 aromatic heterocycles. The van der Waals surface area contributed by atoms with Crippen LogP contribution in [0, 0.1) is 22.7 Å². The van der Waals surface area contributed by atoms with Crippen LogP contribution in [0.4, 0.5) is 11.6 Å². The molecule has 0 saturated carbocycles. The number of rotatable bonds is 4. The van der Waals surface area contributed by atoms with E-state index < -0.39 is 0 Å². The van der Waals surface area contributed by atoms with Crippen molar-refractivity contribution in [3.8, 4) is 23.6 Å². The quantitative estimate of drug-likeness (QED) is 0.864. The van der Waals surface area contributed by atoms with Gasteiger partial charge >= 0.3 is 0 Å². The highest BCUT2D eigenvalue weighted by Crippen LogP contribution is 2.32. The minimum absolute atomic E-state index is 0.0202. The molecule has 0 aliphatic heterocycles. The van der Waals surface area contributed by atoms with Gasteiger partial charge in [-0.25, -0.2) is 0 Å². The zero-order chi connectivity index (χ0) is 15.2. The second kappa shape index (κ2) is 6.17. The van der Waals surface area contributed by atoms with Crippen molar-refractivity contribution in [2.75, 3.05) is 14.2 Å². The summed E-state index contributed by atoms with van der Waals surface area (Å²) in [5, 5.41) is 25.4. The van der Waals surface area contributed by atoms with Crippen LogP contribution >= 0.6 is 0 Å². The summed E-state index contributed by atoms with van der Waals surface area (Å²) in [5.41, 5.74) is 0.494. The lowest BCUT2D eigenvalue weighted by Gasteiger charge is -2.05. The number of nitrogens with one attached hydrogen (secondary N) is 1. The largest absolute Gasteiger partial charge is 0.497 e. The van der Waals surface area contributed by atoms with Gasteiger partial charge in [-0.05, 0) is 12.1 Å². The minimum atomic E-state index is -0.0202. The molecule has 8 nitrogen and oxygen atoms in total. The third kappa shape index (κ3) is 2.96. The van der Waals surface area contributed by atoms with E-state index >= 15 is 0 Å². The molecule has 0 bridgehead atoms. The molecular weight excluding hydrogens is 272 g/mol. The van der Waals surface area contributed by atoms with Gasteiger partial charge in [0.05, 0.1) is 14.2 Å². The monoisotopic (exact) mass is 282 g/mol. The average molecular weight is 282 g/mol. The molecule has 0 amide bonds. The number of nitriles is 2. The number of imidazole rings is 1. The maximum absolute atomic E-state index is 8.81. The second-order valence-corrected chi connectivity index (χ2v) is 3.75. The molecule has 2 aromatic rings. The highest BCUT2D eigenvalue weighted by molar-refractivity contribution is 5.55. The Bertz CT molecular complexity index is 734. The number of H-pyrrole nitrogens is 1. The van der Waals surface area contributed by atoms with Gasteiger partial charge in [-0.15, -0.1) is 10.2 Å². The SMILES string of the molecule is COc1ccc(N=Nc2nc(C#N)c(C#N)[nH]2)c(OC)c1. The van der Waals surface area contributed by atoms with Crippen molar-refractivity contribution in [1.82, 2.24) is 9.97 Å². The molecule has 1 N–H and O–H groups in total. The molecule has 0 unspecified atom stereocenters. The number of hydrogen-bond donors (Lipinski definition) is 1. The zero-order valence-electron chi connectivity index (χ0n) is 11.3. The molecule has 1 heterocycles. The third-order valence-corrected chi connectivity index (χ3v) is 2.55. The van der Waals surface area contributed by atoms with Crippen LogP contribution in [0.1, 0.15) is 11.4 Å². The first-order chi connectivity index (χ1) is 10.2. The van der Waals surface area contributed by atoms with Crippen LogP contribution in [-0.2, 0) is 0 Å². The predicted molar refractivity (Wildman–Crippen MR) is 71.7 cm³/mol. The molecule has 0 aliphatic carbocycles. The van der Waals surface area contributed by atoms with E-state index in [9.17, 15) is 0 Å². The fourth-order valence-corrected chi connectivity index (χ4v) is 1.54. The van der Waals surface area contributed by atoms with Crippen LogP contribution in [-0.4, -0.2) is 24.2 Å². The lowest BCUT2D eigenvalue weighted by molar-refractivity contribution is 0.395. The predicted octanol–water partition coefficient (Wildman–Crippen LogP) is 2.59. The highest BCUT2D eigenvalue weighted by Gasteiger charge is 2.09. The number of benzene rings is 1. The van der Waals surface area contributed by atoms with Gasteiger partial charge in [0.1, 0.15) is 29.3 Å². The number of aromatic nitrogens is 2. The van der Waals surface area contributed by atoms with Crippen molar-refractivity contribution in [2.24, 2.45) is 10.2 Å². The summed E-state index contributed by atoms with van der Waals surface area (Å²) >= 11 is 0. The molecule has 8 heteroatoms. The smallest absolute Gasteiger partial charge is 0.249 e. The maximum Gasteiger partial charge on any atom is 0.249 e. The molecule has 21 heavy (non-hydrogen) atoms. The van der Waals surface area contributed by atoms with Crippen LogP contribution in [0.5, 0.6) is 11.5 Å². The summed E-state index contributed by atoms with van der Waals surface area (Å²) in [6, 6.07) is 8.65. The topological polar surface area (TPSA) is 119 Å². The lowest BCUT2D eigenvalue weighted by Crippen LogP contribution is -1.86. The summed E-state index contributed by atoms with van der Waals surface area (Å²) in [5.74, 6) is 1.17. The number of ether oxygens (including phenoxy) is 2. The van der Waals surface area contributed by atoms with E-state index in [2.05, 4.69) is 20.2 Å². The van der Waals surface area contributed by atoms with Crippen LogP contribution in [0.25, 0.3) is 0 Å². The molecule has 0 fully saturated rings. The summed E-state index contributed by atoms with van der Waals surface area (Å²) < 4.78 is 10.3. The van der Waals surface area contributed by atoms with Crippen LogP contribution in [0.3, 0.4) is 0 Å². The summed E-state index contributed by atoms with van der Waals surface area (Å²) in [4.78, 5) is 6.43. The van der Waals surface area contributed by atoms with Gasteiger partial charge in [0, 0.05) is 6.07 Å². The van der Waals surface area contributed by atoms with Gasteiger partial charge in [0.15, 0.2) is 11.4 Å². The van der Waals surface area contributed by atoms with Gasteiger partial charge in [-0.2, -0.15) is 15.5 Å². The fraction of sp³-hybridized carbons (Fsp3) is 0.154. The third-order valence-electron chi connectivity index (χ3n) is 2.55. The molecule has 1 aromatic carbocycles. The van der Waals surface area contributed by atoms with E-state index in [0.717, 1.165) is 0 Å². The Kier molecular flexibility index (Phi) is 4.12. The first-order valence-electron chi connectivity index (χ1n) is 5.75. The summed E-state index contributed by atoms with van der Waals surface area (Å²) in [6.45, 7) is 0. The normalized spacial score (nSPS) is 10.1. The molecule has 0 atom stereocenters. The van der Waals surface area contributed by atoms with Gasteiger partial charge in [-0.3, -0.25) is 0 Å². The number of aromatic amines is 1. The molecule has 0 saturated heterocycles. The Balaban J connectivity index is 2.32. The molecule has 0 radical (unpaired) electrons. The van der Waals surface area contributed by atoms with Crippen LogP contribution < -0.4 is 9.47 Å². The standard InChI is InChI=1S/C13H10N6O2/c1-20-8-3-4-9(12(5-8)21-2)18-19-13-16-10(6-14)11(7-15)17-13/h3-5H,1-2H3,(H,16,17). The van der Waals surface area contributed by atoms with Crippen molar-refractivity contribution < 1.29 is 9.47 Å². The van der Waals surface area contributed by atoms with E-state index in [0.29, 0.717) is 17.2 Å². The van der Waals surface area contributed by atoms with E-state index in [1.807, 2.05) is 6.07 Å². The summed E-state index contributed by atoms with van der Waals surface area (Å²) in [6.07, 6.45) is 0. The Hall–Kier alpha value is -3.39. The second-order valence-electron chi connectivity index (χ2n) is 3.75. The van der Waals surface area contributed by atoms with E-state index in [1.165, 1.54) is 7.11 Å². The van der Waals surface area contributed by atoms with Crippen molar-refractivity contribution >= 4 is 11.6 Å². The Morgan fingerprint density at radius 2 is 1.95 bits per heavy atom. The molecule has 2 rings (SSSR count). The van der Waals surface area contributed by atoms with E-state index in [4.69, 9.17) is 20.0 Å². The van der Waals surface area contributed by atoms with Crippen molar-refractivity contribution in [3.63, 3.8) is 0 Å². The van der Waals surface area contributed by atoms with Gasteiger partial charge in [0.25, 0.3) is 0 Å². The molecule has 0 spiro atoms. The molecule has 0 aliphatic rings. The molecular formula is C13H10N6O2. The van der Waals surface area contributed by atoms with Crippen LogP contribution in [0.15, 0.2) is 28.4 Å². The van der Waals surface area contributed by atoms with Gasteiger partial charge in [-0.1, -0.05) is 0 Å².